The number of terminal acetylenes is 1. The number of rotatable bonds is 4. The van der Waals surface area contributed by atoms with Gasteiger partial charge in [-0.1, -0.05) is 26.8 Å². The quantitative estimate of drug-likeness (QED) is 0.263. The summed E-state index contributed by atoms with van der Waals surface area (Å²) in [5.41, 5.74) is 0.969. The van der Waals surface area contributed by atoms with Gasteiger partial charge in [0.05, 0.1) is 17.8 Å². The molecule has 3 N–H and O–H groups in total. The zero-order valence-electron chi connectivity index (χ0n) is 20.8. The van der Waals surface area contributed by atoms with Gasteiger partial charge in [0.25, 0.3) is 11.2 Å². The minimum atomic E-state index is -1.73. The van der Waals surface area contributed by atoms with Gasteiger partial charge in [0.1, 0.15) is 23.1 Å². The number of nitrogens with zero attached hydrogens (tertiary/aromatic N) is 4. The molecule has 0 amide bonds. The Bertz CT molecular complexity index is 1080. The highest BCUT2D eigenvalue weighted by Gasteiger charge is 2.22. The molecule has 1 aromatic heterocycles. The fourth-order valence-corrected chi connectivity index (χ4v) is 3.36. The van der Waals surface area contributed by atoms with E-state index in [1.54, 1.807) is 30.1 Å². The molecule has 10 heteroatoms. The van der Waals surface area contributed by atoms with Crippen LogP contribution in [-0.2, 0) is 17.7 Å². The lowest BCUT2D eigenvalue weighted by atomic mass is 10.1. The normalized spacial score (nSPS) is 14.8. The second-order valence-corrected chi connectivity index (χ2v) is 8.80. The first-order chi connectivity index (χ1) is 16.1. The Kier molecular flexibility index (Phi) is 11.6. The van der Waals surface area contributed by atoms with E-state index in [0.29, 0.717) is 29.5 Å². The number of aliphatic imine (C=N–C) groups is 1. The smallest absolute Gasteiger partial charge is 0.269 e. The van der Waals surface area contributed by atoms with E-state index in [1.165, 1.54) is 0 Å². The highest BCUT2D eigenvalue weighted by atomic mass is 32.2. The van der Waals surface area contributed by atoms with Gasteiger partial charge in [-0.25, -0.2) is 4.21 Å². The molecule has 34 heavy (non-hydrogen) atoms. The summed E-state index contributed by atoms with van der Waals surface area (Å²) >= 11 is -1.73. The lowest BCUT2D eigenvalue weighted by Gasteiger charge is -2.18. The van der Waals surface area contributed by atoms with Crippen molar-refractivity contribution in [3.05, 3.63) is 47.4 Å². The summed E-state index contributed by atoms with van der Waals surface area (Å²) < 4.78 is 25.3. The molecule has 2 heterocycles. The van der Waals surface area contributed by atoms with E-state index in [1.807, 2.05) is 33.2 Å². The van der Waals surface area contributed by atoms with Crippen LogP contribution in [0.5, 0.6) is 5.75 Å². The van der Waals surface area contributed by atoms with Crippen LogP contribution in [0.25, 0.3) is 0 Å². The van der Waals surface area contributed by atoms with Crippen molar-refractivity contribution in [3.63, 3.8) is 0 Å². The number of hydrogen-bond acceptors (Lipinski definition) is 6. The Morgan fingerprint density at radius 1 is 1.18 bits per heavy atom. The molecule has 0 saturated heterocycles. The van der Waals surface area contributed by atoms with E-state index < -0.39 is 11.2 Å². The third kappa shape index (κ3) is 8.41. The molecule has 9 nitrogen and oxygen atoms in total. The molecular formula is C24H34N6O3S. The van der Waals surface area contributed by atoms with Gasteiger partial charge < -0.3 is 25.1 Å². The maximum atomic E-state index is 11.8. The van der Waals surface area contributed by atoms with E-state index >= 15 is 0 Å². The SMILES string of the molecule is C#C.CC(C)C.CN=C(c1cccc(NC2=NS(=O)N=C2NCc2ccc(C)o2)c1O)N(C)C. The molecule has 1 atom stereocenters. The Morgan fingerprint density at radius 3 is 2.32 bits per heavy atom. The van der Waals surface area contributed by atoms with Crippen molar-refractivity contribution in [3.8, 4) is 18.6 Å². The van der Waals surface area contributed by atoms with Gasteiger partial charge in [-0.05, 0) is 37.1 Å². The molecule has 0 aliphatic carbocycles. The van der Waals surface area contributed by atoms with E-state index in [9.17, 15) is 9.32 Å². The number of benzene rings is 1. The van der Waals surface area contributed by atoms with Crippen LogP contribution >= 0.6 is 0 Å². The lowest BCUT2D eigenvalue weighted by molar-refractivity contribution is 0.474. The van der Waals surface area contributed by atoms with Crippen molar-refractivity contribution in [1.82, 2.24) is 10.2 Å². The monoisotopic (exact) mass is 486 g/mol. The molecule has 1 aromatic carbocycles. The molecule has 1 aliphatic rings. The Labute approximate surface area is 204 Å². The summed E-state index contributed by atoms with van der Waals surface area (Å²) in [6, 6.07) is 8.96. The Morgan fingerprint density at radius 2 is 1.79 bits per heavy atom. The van der Waals surface area contributed by atoms with Gasteiger partial charge in [0, 0.05) is 21.1 Å². The molecule has 0 radical (unpaired) electrons. The first-order valence-corrected chi connectivity index (χ1v) is 11.6. The molecular weight excluding hydrogens is 452 g/mol. The van der Waals surface area contributed by atoms with E-state index in [0.717, 1.165) is 17.4 Å². The third-order valence-corrected chi connectivity index (χ3v) is 4.63. The summed E-state index contributed by atoms with van der Waals surface area (Å²) in [5.74, 6) is 3.59. The van der Waals surface area contributed by atoms with Crippen LogP contribution < -0.4 is 10.6 Å². The Hall–Kier alpha value is -3.58. The standard InChI is InChI=1S/C18H22N6O3S.C4H10.C2H2/c1-11-8-9-12(27-11)10-20-16-17(23-28(26)22-16)21-14-7-5-6-13(15(14)25)18(19-2)24(3)4;1-4(2)3;1-2/h5-9,25H,10H2,1-4H3,(H,20,22)(H,21,23);4H,1-3H3;1-2H. The van der Waals surface area contributed by atoms with Gasteiger partial charge >= 0.3 is 0 Å². The predicted molar refractivity (Wildman–Crippen MR) is 142 cm³/mol. The molecule has 0 bridgehead atoms. The number of aromatic hydroxyl groups is 1. The number of hydrogen-bond donors (Lipinski definition) is 3. The van der Waals surface area contributed by atoms with Gasteiger partial charge in [0.2, 0.25) is 0 Å². The van der Waals surface area contributed by atoms with Crippen molar-refractivity contribution in [2.24, 2.45) is 19.7 Å². The summed E-state index contributed by atoms with van der Waals surface area (Å²) in [5, 5.41) is 16.7. The third-order valence-electron chi connectivity index (χ3n) is 3.95. The molecule has 2 aromatic rings. The van der Waals surface area contributed by atoms with E-state index in [2.05, 4.69) is 58.0 Å². The number of aryl methyl sites for hydroxylation is 1. The minimum Gasteiger partial charge on any atom is -0.505 e. The summed E-state index contributed by atoms with van der Waals surface area (Å²) in [4.78, 5) is 6.02. The van der Waals surface area contributed by atoms with Crippen molar-refractivity contribution in [2.75, 3.05) is 26.5 Å². The first-order valence-electron chi connectivity index (χ1n) is 10.6. The number of amidine groups is 3. The molecule has 3 rings (SSSR count). The maximum Gasteiger partial charge on any atom is 0.269 e. The van der Waals surface area contributed by atoms with E-state index in [4.69, 9.17) is 4.42 Å². The molecule has 1 unspecified atom stereocenters. The maximum absolute atomic E-state index is 11.8. The second kappa shape index (κ2) is 13.9. The number of phenols is 1. The largest absolute Gasteiger partial charge is 0.505 e. The molecule has 0 saturated carbocycles. The van der Waals surface area contributed by atoms with Crippen LogP contribution in [0.3, 0.4) is 0 Å². The highest BCUT2D eigenvalue weighted by molar-refractivity contribution is 7.83. The topological polar surface area (TPSA) is 115 Å². The number of para-hydroxylation sites is 1. The van der Waals surface area contributed by atoms with Crippen LogP contribution in [0, 0.1) is 25.7 Å². The molecule has 0 spiro atoms. The van der Waals surface area contributed by atoms with Crippen molar-refractivity contribution >= 4 is 34.4 Å². The van der Waals surface area contributed by atoms with Crippen molar-refractivity contribution < 1.29 is 13.7 Å². The fraction of sp³-hybridized carbons (Fsp3) is 0.375. The van der Waals surface area contributed by atoms with Crippen LogP contribution in [0.15, 0.2) is 48.5 Å². The first kappa shape index (κ1) is 28.5. The van der Waals surface area contributed by atoms with Gasteiger partial charge in [-0.3, -0.25) is 4.99 Å². The minimum absolute atomic E-state index is 0.0122. The van der Waals surface area contributed by atoms with Crippen LogP contribution in [0.1, 0.15) is 37.9 Å². The van der Waals surface area contributed by atoms with Crippen LogP contribution in [-0.4, -0.2) is 52.9 Å². The predicted octanol–water partition coefficient (Wildman–Crippen LogP) is 3.73. The van der Waals surface area contributed by atoms with Gasteiger partial charge in [-0.2, -0.15) is 0 Å². The zero-order valence-corrected chi connectivity index (χ0v) is 21.6. The number of phenolic OH excluding ortho intramolecular Hbond substituents is 1. The number of furan rings is 1. The average molecular weight is 487 g/mol. The zero-order chi connectivity index (χ0) is 25.8. The number of nitrogens with one attached hydrogen (secondary N) is 2. The van der Waals surface area contributed by atoms with E-state index in [-0.39, 0.29) is 11.6 Å². The molecule has 184 valence electrons. The average Bonchev–Trinajstić information content (AvgIpc) is 3.35. The second-order valence-electron chi connectivity index (χ2n) is 7.98. The molecule has 1 aliphatic heterocycles. The van der Waals surface area contributed by atoms with Crippen LogP contribution in [0.2, 0.25) is 0 Å². The fourth-order valence-electron chi connectivity index (χ4n) is 2.73. The summed E-state index contributed by atoms with van der Waals surface area (Å²) in [6.07, 6.45) is 8.00. The summed E-state index contributed by atoms with van der Waals surface area (Å²) in [6.45, 7) is 8.72. The number of anilines is 1. The van der Waals surface area contributed by atoms with Crippen molar-refractivity contribution in [1.29, 1.82) is 0 Å². The summed E-state index contributed by atoms with van der Waals surface area (Å²) in [7, 11) is 5.35. The Balaban J connectivity index is 0.000000872. The van der Waals surface area contributed by atoms with Gasteiger partial charge in [0.15, 0.2) is 11.7 Å². The highest BCUT2D eigenvalue weighted by Crippen LogP contribution is 2.29. The van der Waals surface area contributed by atoms with Crippen LogP contribution in [0.4, 0.5) is 5.69 Å². The molecule has 0 fully saturated rings. The van der Waals surface area contributed by atoms with Crippen molar-refractivity contribution in [2.45, 2.75) is 34.2 Å². The lowest BCUT2D eigenvalue weighted by Crippen LogP contribution is -2.33. The van der Waals surface area contributed by atoms with Gasteiger partial charge in [-0.15, -0.1) is 21.6 Å².